The van der Waals surface area contributed by atoms with Crippen LogP contribution in [0.2, 0.25) is 0 Å². The molecule has 0 aromatic heterocycles. The van der Waals surface area contributed by atoms with E-state index in [1.165, 1.54) is 18.2 Å². The monoisotopic (exact) mass is 387 g/mol. The molecule has 7 N–H and O–H groups in total. The predicted octanol–water partition coefficient (Wildman–Crippen LogP) is 1.17. The fourth-order valence-corrected chi connectivity index (χ4v) is 2.62. The quantitative estimate of drug-likeness (QED) is 0.297. The zero-order valence-corrected chi connectivity index (χ0v) is 13.1. The summed E-state index contributed by atoms with van der Waals surface area (Å²) in [6.07, 6.45) is 0. The van der Waals surface area contributed by atoms with Gasteiger partial charge in [0.25, 0.3) is 10.1 Å². The third kappa shape index (κ3) is 3.74. The van der Waals surface area contributed by atoms with Gasteiger partial charge in [-0.3, -0.25) is 4.55 Å². The summed E-state index contributed by atoms with van der Waals surface area (Å²) in [5.41, 5.74) is 10.5. The Labute approximate surface area is 142 Å². The van der Waals surface area contributed by atoms with Crippen LogP contribution in [-0.4, -0.2) is 29.2 Å². The number of nitrogens with two attached hydrogens (primary N) is 2. The summed E-state index contributed by atoms with van der Waals surface area (Å²) in [5.74, 6) is -1.75. The number of anilines is 2. The van der Waals surface area contributed by atoms with Crippen molar-refractivity contribution in [3.63, 3.8) is 0 Å². The molecule has 125 valence electrons. The van der Waals surface area contributed by atoms with E-state index in [1.54, 1.807) is 0 Å². The van der Waals surface area contributed by atoms with E-state index in [0.717, 1.165) is 12.1 Å². The minimum atomic E-state index is -4.63. The van der Waals surface area contributed by atoms with Crippen molar-refractivity contribution in [1.29, 1.82) is 0 Å². The normalized spacial score (nSPS) is 10.8. The van der Waals surface area contributed by atoms with Crippen LogP contribution in [0, 0.1) is 0 Å². The molecule has 0 saturated carbocycles. The first-order valence-corrected chi connectivity index (χ1v) is 7.28. The largest absolute Gasteiger partial charge is 2.00 e. The maximum absolute atomic E-state index is 11.3. The van der Waals surface area contributed by atoms with Crippen molar-refractivity contribution in [2.75, 3.05) is 11.5 Å². The molecule has 0 aliphatic carbocycles. The number of hydrogen-bond donors (Lipinski definition) is 5. The number of rotatable bonds is 3. The second kappa shape index (κ2) is 6.47. The molecule has 10 heteroatoms. The van der Waals surface area contributed by atoms with Crippen molar-refractivity contribution >= 4 is 27.5 Å². The minimum absolute atomic E-state index is 0. The van der Waals surface area contributed by atoms with Gasteiger partial charge >= 0.3 is 23.0 Å². The Morgan fingerprint density at radius 1 is 1.04 bits per heavy atom. The SMILES string of the molecule is Nc1ccc(-c2cc(S(=O)(=O)O)c(N)cc2O)c(C(=O)O)c1.[Cu+2]. The second-order valence-corrected chi connectivity index (χ2v) is 5.88. The zero-order chi connectivity index (χ0) is 16.7. The van der Waals surface area contributed by atoms with Gasteiger partial charge in [-0.2, -0.15) is 8.42 Å². The Morgan fingerprint density at radius 2 is 1.65 bits per heavy atom. The van der Waals surface area contributed by atoms with Crippen LogP contribution in [0.1, 0.15) is 10.4 Å². The van der Waals surface area contributed by atoms with E-state index in [1.807, 2.05) is 0 Å². The number of carboxylic acid groups (broad SMARTS) is 1. The molecule has 0 aliphatic heterocycles. The number of phenols is 1. The van der Waals surface area contributed by atoms with Gasteiger partial charge in [-0.15, -0.1) is 0 Å². The average Bonchev–Trinajstić information content (AvgIpc) is 2.37. The number of benzene rings is 2. The van der Waals surface area contributed by atoms with Crippen LogP contribution < -0.4 is 11.5 Å². The third-order valence-electron chi connectivity index (χ3n) is 2.97. The van der Waals surface area contributed by atoms with Crippen LogP contribution in [0.3, 0.4) is 0 Å². The van der Waals surface area contributed by atoms with Gasteiger partial charge in [-0.05, 0) is 18.2 Å². The van der Waals surface area contributed by atoms with E-state index < -0.39 is 26.7 Å². The molecule has 0 saturated heterocycles. The molecule has 0 atom stereocenters. The Bertz CT molecular complexity index is 882. The summed E-state index contributed by atoms with van der Waals surface area (Å²) in [6.45, 7) is 0. The van der Waals surface area contributed by atoms with E-state index in [0.29, 0.717) is 0 Å². The van der Waals surface area contributed by atoms with Crippen molar-refractivity contribution in [2.45, 2.75) is 4.90 Å². The van der Waals surface area contributed by atoms with Gasteiger partial charge in [0.15, 0.2) is 0 Å². The van der Waals surface area contributed by atoms with Crippen LogP contribution in [0.5, 0.6) is 5.75 Å². The first-order chi connectivity index (χ1) is 10.1. The molecule has 8 nitrogen and oxygen atoms in total. The Hall–Kier alpha value is -2.26. The van der Waals surface area contributed by atoms with Crippen LogP contribution in [0.15, 0.2) is 35.2 Å². The smallest absolute Gasteiger partial charge is 0.507 e. The van der Waals surface area contributed by atoms with Gasteiger partial charge in [-0.25, -0.2) is 4.79 Å². The topological polar surface area (TPSA) is 164 Å². The summed E-state index contributed by atoms with van der Waals surface area (Å²) < 4.78 is 31.7. The number of aromatic carboxylic acids is 1. The van der Waals surface area contributed by atoms with Gasteiger partial charge in [0.05, 0.1) is 11.3 Å². The van der Waals surface area contributed by atoms with E-state index in [4.69, 9.17) is 16.0 Å². The molecule has 0 heterocycles. The number of aromatic hydroxyl groups is 1. The zero-order valence-electron chi connectivity index (χ0n) is 11.3. The molecule has 2 aromatic rings. The maximum atomic E-state index is 11.3. The second-order valence-electron chi connectivity index (χ2n) is 4.49. The van der Waals surface area contributed by atoms with Gasteiger partial charge < -0.3 is 21.7 Å². The minimum Gasteiger partial charge on any atom is -0.507 e. The van der Waals surface area contributed by atoms with Crippen LogP contribution in [0.25, 0.3) is 11.1 Å². The van der Waals surface area contributed by atoms with Crippen molar-refractivity contribution in [2.24, 2.45) is 0 Å². The van der Waals surface area contributed by atoms with Crippen molar-refractivity contribution < 1.29 is 45.0 Å². The van der Waals surface area contributed by atoms with Crippen molar-refractivity contribution in [3.8, 4) is 16.9 Å². The summed E-state index contributed by atoms with van der Waals surface area (Å²) in [4.78, 5) is 10.6. The standard InChI is InChI=1S/C13H12N2O6S.Cu/c14-6-1-2-7(9(3-6)13(17)18)8-4-12(22(19,20)21)10(15)5-11(8)16;/h1-5,16H,14-15H2,(H,17,18)(H,19,20,21);/q;+2. The third-order valence-corrected chi connectivity index (χ3v) is 3.88. The summed E-state index contributed by atoms with van der Waals surface area (Å²) in [7, 11) is -4.63. The fourth-order valence-electron chi connectivity index (χ4n) is 2.00. The van der Waals surface area contributed by atoms with Crippen molar-refractivity contribution in [1.82, 2.24) is 0 Å². The number of nitrogen functional groups attached to an aromatic ring is 2. The van der Waals surface area contributed by atoms with E-state index >= 15 is 0 Å². The van der Waals surface area contributed by atoms with Crippen molar-refractivity contribution in [3.05, 3.63) is 35.9 Å². The molecule has 0 unspecified atom stereocenters. The summed E-state index contributed by atoms with van der Waals surface area (Å²) in [6, 6.07) is 5.70. The van der Waals surface area contributed by atoms with Gasteiger partial charge in [-0.1, -0.05) is 6.07 Å². The van der Waals surface area contributed by atoms with Gasteiger partial charge in [0, 0.05) is 22.9 Å². The summed E-state index contributed by atoms with van der Waals surface area (Å²) >= 11 is 0. The van der Waals surface area contributed by atoms with Crippen LogP contribution >= 0.6 is 0 Å². The first kappa shape index (κ1) is 18.8. The molecule has 2 aromatic carbocycles. The molecule has 0 bridgehead atoms. The fraction of sp³-hybridized carbons (Fsp3) is 0. The number of carboxylic acids is 1. The molecule has 23 heavy (non-hydrogen) atoms. The van der Waals surface area contributed by atoms with Gasteiger partial charge in [0.1, 0.15) is 10.6 Å². The molecule has 2 rings (SSSR count). The number of hydrogen-bond acceptors (Lipinski definition) is 6. The molecular weight excluding hydrogens is 376 g/mol. The maximum Gasteiger partial charge on any atom is 2.00 e. The molecule has 0 aliphatic rings. The Kier molecular flexibility index (Phi) is 5.28. The van der Waals surface area contributed by atoms with Gasteiger partial charge in [0.2, 0.25) is 0 Å². The molecule has 0 fully saturated rings. The van der Waals surface area contributed by atoms with E-state index in [2.05, 4.69) is 0 Å². The van der Waals surface area contributed by atoms with Crippen LogP contribution in [0.4, 0.5) is 11.4 Å². The Balaban J connectivity index is 0.00000264. The van der Waals surface area contributed by atoms with Crippen LogP contribution in [-0.2, 0) is 27.2 Å². The van der Waals surface area contributed by atoms with E-state index in [-0.39, 0.29) is 45.1 Å². The Morgan fingerprint density at radius 3 is 2.17 bits per heavy atom. The molecule has 0 amide bonds. The first-order valence-electron chi connectivity index (χ1n) is 5.84. The average molecular weight is 388 g/mol. The molecule has 1 radical (unpaired) electrons. The number of phenolic OH excluding ortho intramolecular Hbond substituents is 1. The molecule has 0 spiro atoms. The number of carbonyl (C=O) groups is 1. The van der Waals surface area contributed by atoms with E-state index in [9.17, 15) is 23.4 Å². The molecular formula is C13H12CuN2O6S+2. The predicted molar refractivity (Wildman–Crippen MR) is 79.1 cm³/mol. The summed E-state index contributed by atoms with van der Waals surface area (Å²) in [5, 5.41) is 19.1.